The van der Waals surface area contributed by atoms with Crippen molar-refractivity contribution in [1.82, 2.24) is 10.2 Å². The van der Waals surface area contributed by atoms with E-state index in [9.17, 15) is 9.90 Å². The SMILES string of the molecule is CN(CC(=O)NCCN)CC1(O)CCCC1. The van der Waals surface area contributed by atoms with Gasteiger partial charge in [-0.15, -0.1) is 0 Å². The van der Waals surface area contributed by atoms with Gasteiger partial charge in [0.1, 0.15) is 0 Å². The maximum atomic E-state index is 11.4. The van der Waals surface area contributed by atoms with E-state index in [2.05, 4.69) is 5.32 Å². The third kappa shape index (κ3) is 4.47. The van der Waals surface area contributed by atoms with Crippen molar-refractivity contribution >= 4 is 5.91 Å². The van der Waals surface area contributed by atoms with E-state index in [0.29, 0.717) is 26.2 Å². The fraction of sp³-hybridized carbons (Fsp3) is 0.909. The van der Waals surface area contributed by atoms with Crippen molar-refractivity contribution in [2.24, 2.45) is 5.73 Å². The lowest BCUT2D eigenvalue weighted by Crippen LogP contribution is -2.44. The number of nitrogens with one attached hydrogen (secondary N) is 1. The summed E-state index contributed by atoms with van der Waals surface area (Å²) in [5.74, 6) is -0.0328. The first-order valence-electron chi connectivity index (χ1n) is 5.93. The van der Waals surface area contributed by atoms with E-state index in [1.807, 2.05) is 11.9 Å². The molecule has 0 heterocycles. The molecule has 1 aliphatic rings. The molecule has 0 atom stereocenters. The number of amides is 1. The molecule has 0 radical (unpaired) electrons. The van der Waals surface area contributed by atoms with Crippen molar-refractivity contribution in [2.45, 2.75) is 31.3 Å². The predicted octanol–water partition coefficient (Wildman–Crippen LogP) is -0.702. The molecule has 1 rings (SSSR count). The van der Waals surface area contributed by atoms with E-state index < -0.39 is 5.60 Å². The number of likely N-dealkylation sites (N-methyl/N-ethyl adjacent to an activating group) is 1. The van der Waals surface area contributed by atoms with Crippen LogP contribution in [0.2, 0.25) is 0 Å². The van der Waals surface area contributed by atoms with Crippen molar-refractivity contribution in [3.8, 4) is 0 Å². The summed E-state index contributed by atoms with van der Waals surface area (Å²) in [6, 6.07) is 0. The number of carbonyl (C=O) groups is 1. The number of nitrogens with zero attached hydrogens (tertiary/aromatic N) is 1. The topological polar surface area (TPSA) is 78.6 Å². The van der Waals surface area contributed by atoms with E-state index >= 15 is 0 Å². The lowest BCUT2D eigenvalue weighted by atomic mass is 10.0. The maximum absolute atomic E-state index is 11.4. The molecule has 0 aliphatic heterocycles. The smallest absolute Gasteiger partial charge is 0.234 e. The fourth-order valence-electron chi connectivity index (χ4n) is 2.26. The number of rotatable bonds is 6. The van der Waals surface area contributed by atoms with Crippen LogP contribution >= 0.6 is 0 Å². The van der Waals surface area contributed by atoms with Gasteiger partial charge in [0.2, 0.25) is 5.91 Å². The molecule has 0 aromatic rings. The largest absolute Gasteiger partial charge is 0.389 e. The molecule has 5 heteroatoms. The van der Waals surface area contributed by atoms with Gasteiger partial charge < -0.3 is 16.2 Å². The van der Waals surface area contributed by atoms with Crippen LogP contribution in [0.3, 0.4) is 0 Å². The van der Waals surface area contributed by atoms with Gasteiger partial charge in [-0.2, -0.15) is 0 Å². The Bertz CT molecular complexity index is 227. The Morgan fingerprint density at radius 3 is 2.69 bits per heavy atom. The number of hydrogen-bond donors (Lipinski definition) is 3. The van der Waals surface area contributed by atoms with Crippen molar-refractivity contribution in [3.05, 3.63) is 0 Å². The summed E-state index contributed by atoms with van der Waals surface area (Å²) in [6.45, 7) is 1.86. The van der Waals surface area contributed by atoms with Gasteiger partial charge >= 0.3 is 0 Å². The van der Waals surface area contributed by atoms with Crippen molar-refractivity contribution in [1.29, 1.82) is 0 Å². The second-order valence-corrected chi connectivity index (χ2v) is 4.74. The normalized spacial score (nSPS) is 19.0. The maximum Gasteiger partial charge on any atom is 0.234 e. The molecule has 16 heavy (non-hydrogen) atoms. The summed E-state index contributed by atoms with van der Waals surface area (Å²) in [6.07, 6.45) is 3.87. The number of hydrogen-bond acceptors (Lipinski definition) is 4. The first kappa shape index (κ1) is 13.4. The van der Waals surface area contributed by atoms with Crippen LogP contribution in [-0.4, -0.2) is 54.7 Å². The Hall–Kier alpha value is -0.650. The third-order valence-electron chi connectivity index (χ3n) is 2.98. The van der Waals surface area contributed by atoms with E-state index in [4.69, 9.17) is 5.73 Å². The lowest BCUT2D eigenvalue weighted by Gasteiger charge is -2.28. The zero-order valence-corrected chi connectivity index (χ0v) is 10.0. The summed E-state index contributed by atoms with van der Waals surface area (Å²) in [5.41, 5.74) is 4.71. The zero-order valence-electron chi connectivity index (χ0n) is 10.0. The van der Waals surface area contributed by atoms with Crippen molar-refractivity contribution in [2.75, 3.05) is 33.2 Å². The highest BCUT2D eigenvalue weighted by Gasteiger charge is 2.32. The molecule has 4 N–H and O–H groups in total. The van der Waals surface area contributed by atoms with Crippen LogP contribution in [0, 0.1) is 0 Å². The zero-order chi connectivity index (χ0) is 12.0. The number of carbonyl (C=O) groups excluding carboxylic acids is 1. The Morgan fingerprint density at radius 2 is 2.12 bits per heavy atom. The summed E-state index contributed by atoms with van der Waals surface area (Å²) in [5, 5.41) is 12.9. The van der Waals surface area contributed by atoms with E-state index in [1.165, 1.54) is 0 Å². The molecule has 5 nitrogen and oxygen atoms in total. The molecule has 0 saturated heterocycles. The highest BCUT2D eigenvalue weighted by atomic mass is 16.3. The molecular formula is C11H23N3O2. The molecule has 0 unspecified atom stereocenters. The minimum atomic E-state index is -0.580. The first-order chi connectivity index (χ1) is 7.56. The molecule has 0 aromatic carbocycles. The van der Waals surface area contributed by atoms with Crippen LogP contribution < -0.4 is 11.1 Å². The van der Waals surface area contributed by atoms with E-state index in [0.717, 1.165) is 25.7 Å². The van der Waals surface area contributed by atoms with E-state index in [1.54, 1.807) is 0 Å². The highest BCUT2D eigenvalue weighted by molar-refractivity contribution is 5.77. The summed E-state index contributed by atoms with van der Waals surface area (Å²) in [7, 11) is 1.86. The molecular weight excluding hydrogens is 206 g/mol. The van der Waals surface area contributed by atoms with Crippen LogP contribution in [0.25, 0.3) is 0 Å². The van der Waals surface area contributed by atoms with Gasteiger partial charge in [0.05, 0.1) is 12.1 Å². The summed E-state index contributed by atoms with van der Waals surface area (Å²) >= 11 is 0. The Morgan fingerprint density at radius 1 is 1.50 bits per heavy atom. The van der Waals surface area contributed by atoms with Gasteiger partial charge in [-0.1, -0.05) is 12.8 Å². The van der Waals surface area contributed by atoms with Gasteiger partial charge in [0, 0.05) is 19.6 Å². The van der Waals surface area contributed by atoms with Gasteiger partial charge in [-0.05, 0) is 19.9 Å². The van der Waals surface area contributed by atoms with Crippen LogP contribution in [0.1, 0.15) is 25.7 Å². The second kappa shape index (κ2) is 6.18. The molecule has 0 spiro atoms. The lowest BCUT2D eigenvalue weighted by molar-refractivity contribution is -0.122. The molecule has 0 aromatic heterocycles. The Balaban J connectivity index is 2.24. The standard InChI is InChI=1S/C11H23N3O2/c1-14(8-10(15)13-7-6-12)9-11(16)4-2-3-5-11/h16H,2-9,12H2,1H3,(H,13,15). The first-order valence-corrected chi connectivity index (χ1v) is 5.93. The minimum absolute atomic E-state index is 0.0328. The van der Waals surface area contributed by atoms with Crippen LogP contribution in [0.4, 0.5) is 0 Å². The van der Waals surface area contributed by atoms with Gasteiger partial charge in [-0.3, -0.25) is 9.69 Å². The second-order valence-electron chi connectivity index (χ2n) is 4.74. The van der Waals surface area contributed by atoms with Crippen molar-refractivity contribution < 1.29 is 9.90 Å². The molecule has 1 fully saturated rings. The van der Waals surface area contributed by atoms with Crippen molar-refractivity contribution in [3.63, 3.8) is 0 Å². The van der Waals surface area contributed by atoms with Gasteiger partial charge in [0.15, 0.2) is 0 Å². The third-order valence-corrected chi connectivity index (χ3v) is 2.98. The molecule has 94 valence electrons. The van der Waals surface area contributed by atoms with Crippen LogP contribution in [0.15, 0.2) is 0 Å². The monoisotopic (exact) mass is 229 g/mol. The fourth-order valence-corrected chi connectivity index (χ4v) is 2.26. The number of nitrogens with two attached hydrogens (primary N) is 1. The quantitative estimate of drug-likeness (QED) is 0.563. The summed E-state index contributed by atoms with van der Waals surface area (Å²) in [4.78, 5) is 13.3. The van der Waals surface area contributed by atoms with Crippen LogP contribution in [-0.2, 0) is 4.79 Å². The number of aliphatic hydroxyl groups is 1. The minimum Gasteiger partial charge on any atom is -0.389 e. The van der Waals surface area contributed by atoms with Gasteiger partial charge in [0.25, 0.3) is 0 Å². The molecule has 1 amide bonds. The predicted molar refractivity (Wildman–Crippen MR) is 63.0 cm³/mol. The average molecular weight is 229 g/mol. The molecule has 1 aliphatic carbocycles. The molecule has 1 saturated carbocycles. The summed E-state index contributed by atoms with van der Waals surface area (Å²) < 4.78 is 0. The van der Waals surface area contributed by atoms with E-state index in [-0.39, 0.29) is 5.91 Å². The Kier molecular flexibility index (Phi) is 5.18. The Labute approximate surface area is 97.0 Å². The highest BCUT2D eigenvalue weighted by Crippen LogP contribution is 2.29. The van der Waals surface area contributed by atoms with Gasteiger partial charge in [-0.25, -0.2) is 0 Å². The average Bonchev–Trinajstić information content (AvgIpc) is 2.61. The molecule has 0 bridgehead atoms. The van der Waals surface area contributed by atoms with Crippen LogP contribution in [0.5, 0.6) is 0 Å².